The number of hydrogen-bond donors (Lipinski definition) is 3. The number of carbonyl (C=O) groups is 1. The third-order valence-corrected chi connectivity index (χ3v) is 4.90. The predicted molar refractivity (Wildman–Crippen MR) is 110 cm³/mol. The lowest BCUT2D eigenvalue weighted by Gasteiger charge is -2.27. The molecule has 1 heterocycles. The molecule has 0 saturated heterocycles. The molecule has 3 rings (SSSR count). The van der Waals surface area contributed by atoms with Crippen LogP contribution in [0.4, 0.5) is 4.79 Å². The Hall–Kier alpha value is -2.89. The van der Waals surface area contributed by atoms with E-state index < -0.39 is 0 Å². The van der Waals surface area contributed by atoms with Gasteiger partial charge < -0.3 is 11.1 Å². The molecule has 0 spiro atoms. The number of amides is 2. The summed E-state index contributed by atoms with van der Waals surface area (Å²) in [5, 5.41) is 10.7. The summed E-state index contributed by atoms with van der Waals surface area (Å²) >= 11 is 0. The van der Waals surface area contributed by atoms with Crippen LogP contribution in [-0.4, -0.2) is 41.6 Å². The number of carbonyl (C=O) groups excluding carboxylic acids is 1. The Kier molecular flexibility index (Phi) is 6.41. The van der Waals surface area contributed by atoms with Crippen molar-refractivity contribution in [2.45, 2.75) is 31.3 Å². The number of nitrogens with zero attached hydrogens (tertiary/aromatic N) is 2. The minimum atomic E-state index is -0.148. The molecule has 0 aromatic carbocycles. The van der Waals surface area contributed by atoms with Crippen molar-refractivity contribution in [2.75, 3.05) is 6.54 Å². The predicted octanol–water partition coefficient (Wildman–Crippen LogP) is 2.92. The fourth-order valence-corrected chi connectivity index (χ4v) is 3.45. The Morgan fingerprint density at radius 2 is 1.96 bits per heavy atom. The van der Waals surface area contributed by atoms with E-state index in [-0.39, 0.29) is 35.8 Å². The van der Waals surface area contributed by atoms with Gasteiger partial charge in [0.25, 0.3) is 0 Å². The second-order valence-electron chi connectivity index (χ2n) is 7.00. The van der Waals surface area contributed by atoms with E-state index in [1.54, 1.807) is 4.90 Å². The summed E-state index contributed by atoms with van der Waals surface area (Å²) in [5.41, 5.74) is 5.64. The molecule has 0 fully saturated rings. The van der Waals surface area contributed by atoms with Gasteiger partial charge in [0.15, 0.2) is 0 Å². The van der Waals surface area contributed by atoms with Gasteiger partial charge in [-0.2, -0.15) is 0 Å². The lowest BCUT2D eigenvalue weighted by atomic mass is 9.90. The van der Waals surface area contributed by atoms with E-state index in [1.807, 2.05) is 54.9 Å². The molecule has 2 aliphatic carbocycles. The fourth-order valence-electron chi connectivity index (χ4n) is 3.45. The molecule has 27 heavy (non-hydrogen) atoms. The number of nitrogens with two attached hydrogens (primary N) is 1. The summed E-state index contributed by atoms with van der Waals surface area (Å²) in [6, 6.07) is -0.287. The van der Waals surface area contributed by atoms with Gasteiger partial charge in [0.2, 0.25) is 0 Å². The summed E-state index contributed by atoms with van der Waals surface area (Å²) in [7, 11) is 0. The van der Waals surface area contributed by atoms with Gasteiger partial charge in [-0.25, -0.2) is 4.79 Å². The second-order valence-corrected chi connectivity index (χ2v) is 7.00. The first-order chi connectivity index (χ1) is 13.1. The third-order valence-electron chi connectivity index (χ3n) is 4.90. The maximum absolute atomic E-state index is 12.9. The standard InChI is InChI=1S/C21H27N5O/c22-20(23)14-17(16-6-1-2-7-16)11-13-26(19-9-3-4-10-19)21(27)25-18-8-5-12-24-15-18/h1-4,6-7,9-11,13,15-19H,5,8,12,14H2,(H3,22,23)(H,25,27)/b13-11+. The van der Waals surface area contributed by atoms with E-state index >= 15 is 0 Å². The molecular weight excluding hydrogens is 338 g/mol. The van der Waals surface area contributed by atoms with Crippen LogP contribution in [0.1, 0.15) is 19.3 Å². The summed E-state index contributed by atoms with van der Waals surface area (Å²) in [5.74, 6) is 0.377. The summed E-state index contributed by atoms with van der Waals surface area (Å²) < 4.78 is 0. The van der Waals surface area contributed by atoms with Crippen molar-refractivity contribution >= 4 is 18.1 Å². The quantitative estimate of drug-likeness (QED) is 0.478. The maximum atomic E-state index is 12.9. The Morgan fingerprint density at radius 3 is 2.59 bits per heavy atom. The van der Waals surface area contributed by atoms with Crippen molar-refractivity contribution in [3.8, 4) is 0 Å². The molecule has 4 N–H and O–H groups in total. The van der Waals surface area contributed by atoms with Crippen LogP contribution < -0.4 is 11.1 Å². The van der Waals surface area contributed by atoms with Gasteiger partial charge in [-0.15, -0.1) is 0 Å². The number of hydrogen-bond acceptors (Lipinski definition) is 3. The molecule has 3 aliphatic rings. The largest absolute Gasteiger partial charge is 0.388 e. The molecule has 0 bridgehead atoms. The van der Waals surface area contributed by atoms with Crippen molar-refractivity contribution in [3.63, 3.8) is 0 Å². The number of aliphatic imine (C=N–C) groups is 1. The Balaban J connectivity index is 1.74. The lowest BCUT2D eigenvalue weighted by molar-refractivity contribution is 0.210. The number of allylic oxidation sites excluding steroid dienone is 7. The summed E-state index contributed by atoms with van der Waals surface area (Å²) in [4.78, 5) is 18.9. The average molecular weight is 365 g/mol. The number of amidine groups is 1. The maximum Gasteiger partial charge on any atom is 0.322 e. The summed E-state index contributed by atoms with van der Waals surface area (Å²) in [6.45, 7) is 0.833. The highest BCUT2D eigenvalue weighted by molar-refractivity contribution is 5.81. The molecule has 2 amide bonds. The van der Waals surface area contributed by atoms with E-state index in [4.69, 9.17) is 11.1 Å². The Labute approximate surface area is 160 Å². The number of urea groups is 1. The van der Waals surface area contributed by atoms with E-state index in [2.05, 4.69) is 22.5 Å². The zero-order valence-electron chi connectivity index (χ0n) is 15.4. The van der Waals surface area contributed by atoms with Crippen LogP contribution in [0.2, 0.25) is 0 Å². The minimum Gasteiger partial charge on any atom is -0.388 e. The molecule has 0 aromatic rings. The highest BCUT2D eigenvalue weighted by Gasteiger charge is 2.23. The van der Waals surface area contributed by atoms with E-state index in [0.29, 0.717) is 6.42 Å². The molecule has 0 aromatic heterocycles. The molecule has 6 nitrogen and oxygen atoms in total. The molecule has 0 radical (unpaired) electrons. The van der Waals surface area contributed by atoms with Gasteiger partial charge in [0.1, 0.15) is 0 Å². The van der Waals surface area contributed by atoms with Crippen molar-refractivity contribution in [2.24, 2.45) is 22.6 Å². The van der Waals surface area contributed by atoms with Crippen LogP contribution in [0.25, 0.3) is 0 Å². The number of nitrogens with one attached hydrogen (secondary N) is 2. The molecule has 6 heteroatoms. The zero-order valence-corrected chi connectivity index (χ0v) is 15.4. The van der Waals surface area contributed by atoms with Gasteiger partial charge in [-0.3, -0.25) is 15.3 Å². The zero-order chi connectivity index (χ0) is 19.1. The first kappa shape index (κ1) is 18.9. The molecular formula is C21H27N5O. The molecule has 2 atom stereocenters. The van der Waals surface area contributed by atoms with Crippen molar-refractivity contribution in [1.29, 1.82) is 5.41 Å². The SMILES string of the molecule is N=C(N)CC(/C=C/N(C(=O)NC1C=NCCC1)C1C=CC=C1)C1C=CC=C1. The van der Waals surface area contributed by atoms with Crippen molar-refractivity contribution < 1.29 is 4.79 Å². The molecule has 2 unspecified atom stereocenters. The highest BCUT2D eigenvalue weighted by Crippen LogP contribution is 2.25. The van der Waals surface area contributed by atoms with Crippen LogP contribution in [0.3, 0.4) is 0 Å². The smallest absolute Gasteiger partial charge is 0.322 e. The summed E-state index contributed by atoms with van der Waals surface area (Å²) in [6.07, 6.45) is 24.0. The monoisotopic (exact) mass is 365 g/mol. The van der Waals surface area contributed by atoms with Crippen LogP contribution in [-0.2, 0) is 0 Å². The van der Waals surface area contributed by atoms with Crippen molar-refractivity contribution in [1.82, 2.24) is 10.2 Å². The minimum absolute atomic E-state index is 0.0229. The number of rotatable bonds is 7. The van der Waals surface area contributed by atoms with Gasteiger partial charge in [0, 0.05) is 31.3 Å². The second kappa shape index (κ2) is 9.16. The first-order valence-corrected chi connectivity index (χ1v) is 9.43. The lowest BCUT2D eigenvalue weighted by Crippen LogP contribution is -2.46. The van der Waals surface area contributed by atoms with Crippen LogP contribution in [0, 0.1) is 17.2 Å². The first-order valence-electron chi connectivity index (χ1n) is 9.43. The van der Waals surface area contributed by atoms with Gasteiger partial charge in [0.05, 0.1) is 17.9 Å². The molecule has 1 aliphatic heterocycles. The fraction of sp³-hybridized carbons (Fsp3) is 0.381. The van der Waals surface area contributed by atoms with E-state index in [9.17, 15) is 4.79 Å². The van der Waals surface area contributed by atoms with Crippen LogP contribution in [0.15, 0.2) is 65.9 Å². The Bertz CT molecular complexity index is 707. The topological polar surface area (TPSA) is 94.6 Å². The Morgan fingerprint density at radius 1 is 1.26 bits per heavy atom. The van der Waals surface area contributed by atoms with Gasteiger partial charge in [-0.05, 0) is 18.8 Å². The normalized spacial score (nSPS) is 22.7. The van der Waals surface area contributed by atoms with E-state index in [1.165, 1.54) is 0 Å². The third kappa shape index (κ3) is 5.29. The average Bonchev–Trinajstić information content (AvgIpc) is 3.36. The van der Waals surface area contributed by atoms with E-state index in [0.717, 1.165) is 19.4 Å². The van der Waals surface area contributed by atoms with Gasteiger partial charge >= 0.3 is 6.03 Å². The highest BCUT2D eigenvalue weighted by atomic mass is 16.2. The van der Waals surface area contributed by atoms with Crippen LogP contribution >= 0.6 is 0 Å². The molecule has 142 valence electrons. The van der Waals surface area contributed by atoms with Crippen molar-refractivity contribution in [3.05, 3.63) is 60.9 Å². The van der Waals surface area contributed by atoms with Crippen LogP contribution in [0.5, 0.6) is 0 Å². The van der Waals surface area contributed by atoms with Gasteiger partial charge in [-0.1, -0.05) is 54.7 Å². The molecule has 0 saturated carbocycles.